The Morgan fingerprint density at radius 1 is 1.22 bits per heavy atom. The van der Waals surface area contributed by atoms with Crippen molar-refractivity contribution < 1.29 is 23.9 Å². The molecule has 1 aromatic carbocycles. The smallest absolute Gasteiger partial charge is 0.269 e. The van der Waals surface area contributed by atoms with Gasteiger partial charge in [-0.15, -0.1) is 0 Å². The third-order valence-corrected chi connectivity index (χ3v) is 6.54. The molecule has 1 aliphatic carbocycles. The number of anilines is 1. The standard InChI is InChI=1S/C29H38N8O4.C2H5NO/c1-17(30)24(13-25(31)36-28(38)18-9-10-18)35-22-8-6-7-21(26(22)40-4)19-11-12-23(34-15-19)29(39)37(3)16-20(14-33-2)27(32)41-5;1-3-2-4/h6-8,11-14,18,30,34-35H,9-10,15-16,32H2,1-5H3,(H2,31,36,38);2H,1H3,(H,3,4)/b24-13+,27-20-,30-17?,33-14?;. The van der Waals surface area contributed by atoms with Crippen molar-refractivity contribution in [3.63, 3.8) is 0 Å². The number of ether oxygens (including phenoxy) is 2. The van der Waals surface area contributed by atoms with Crippen LogP contribution in [0, 0.1) is 11.3 Å². The van der Waals surface area contributed by atoms with Crippen LogP contribution in [0.1, 0.15) is 25.3 Å². The maximum atomic E-state index is 13.1. The number of rotatable bonds is 13. The van der Waals surface area contributed by atoms with Crippen molar-refractivity contribution in [1.29, 1.82) is 5.41 Å². The summed E-state index contributed by atoms with van der Waals surface area (Å²) in [6.45, 7) is 2.20. The van der Waals surface area contributed by atoms with Crippen LogP contribution in [0.25, 0.3) is 5.57 Å². The monoisotopic (exact) mass is 621 g/mol. The van der Waals surface area contributed by atoms with Crippen LogP contribution in [0.5, 0.6) is 5.75 Å². The average Bonchev–Trinajstić information content (AvgIpc) is 3.89. The van der Waals surface area contributed by atoms with Gasteiger partial charge in [0, 0.05) is 57.0 Å². The number of aliphatic imine (C=N–C) groups is 2. The van der Waals surface area contributed by atoms with Gasteiger partial charge in [0.1, 0.15) is 17.3 Å². The predicted octanol–water partition coefficient (Wildman–Crippen LogP) is 1.53. The Kier molecular flexibility index (Phi) is 14.0. The predicted molar refractivity (Wildman–Crippen MR) is 177 cm³/mol. The zero-order valence-electron chi connectivity index (χ0n) is 26.6. The molecule has 1 fully saturated rings. The molecule has 3 amide bonds. The molecular formula is C31H43N9O5. The molecule has 8 N–H and O–H groups in total. The van der Waals surface area contributed by atoms with Gasteiger partial charge in [-0.1, -0.05) is 18.2 Å². The van der Waals surface area contributed by atoms with E-state index in [1.165, 1.54) is 18.1 Å². The van der Waals surface area contributed by atoms with Gasteiger partial charge in [-0.2, -0.15) is 4.99 Å². The molecule has 14 nitrogen and oxygen atoms in total. The molecule has 1 saturated carbocycles. The number of amides is 3. The van der Waals surface area contributed by atoms with E-state index in [0.717, 1.165) is 24.0 Å². The van der Waals surface area contributed by atoms with Gasteiger partial charge in [0.15, 0.2) is 5.88 Å². The lowest BCUT2D eigenvalue weighted by molar-refractivity contribution is -0.126. The van der Waals surface area contributed by atoms with Crippen LogP contribution in [0.15, 0.2) is 69.3 Å². The number of likely N-dealkylation sites (N-methyl/N-ethyl adjacent to an activating group) is 1. The summed E-state index contributed by atoms with van der Waals surface area (Å²) in [6, 6.07) is 5.58. The molecule has 0 saturated heterocycles. The van der Waals surface area contributed by atoms with Crippen molar-refractivity contribution in [3.8, 4) is 5.75 Å². The number of benzene rings is 1. The minimum atomic E-state index is -0.236. The van der Waals surface area contributed by atoms with E-state index in [4.69, 9.17) is 31.1 Å². The van der Waals surface area contributed by atoms with Crippen LogP contribution in [-0.4, -0.2) is 89.3 Å². The van der Waals surface area contributed by atoms with Crippen molar-refractivity contribution in [3.05, 3.63) is 64.8 Å². The lowest BCUT2D eigenvalue weighted by atomic mass is 10.0. The number of carbonyl (C=O) groups is 3. The molecule has 0 atom stereocenters. The summed E-state index contributed by atoms with van der Waals surface area (Å²) in [6.07, 6.45) is 8.90. The number of nitrogens with two attached hydrogens (primary N) is 2. The zero-order chi connectivity index (χ0) is 33.5. The molecule has 1 aromatic rings. The molecule has 0 radical (unpaired) electrons. The number of hydrogen-bond acceptors (Lipinski definition) is 10. The lowest BCUT2D eigenvalue weighted by Gasteiger charge is -2.24. The van der Waals surface area contributed by atoms with Gasteiger partial charge >= 0.3 is 0 Å². The molecule has 0 aromatic heterocycles. The summed E-state index contributed by atoms with van der Waals surface area (Å²) in [7, 11) is 7.87. The molecule has 0 bridgehead atoms. The van der Waals surface area contributed by atoms with Crippen LogP contribution in [-0.2, 0) is 19.1 Å². The number of carbonyl (C=O) groups excluding carboxylic acids is 3. The Bertz CT molecular complexity index is 1450. The highest BCUT2D eigenvalue weighted by molar-refractivity contribution is 6.08. The van der Waals surface area contributed by atoms with Crippen molar-refractivity contribution in [2.75, 3.05) is 53.8 Å². The SMILES string of the molecule is CN=C/C(CN(C)C(=O)C1=CC=C(c2cccc(N/C(=C/C(N)=NC(=O)C3CC3)C(C)=N)c2OC)CN1)=C(\N)OC.CNC=O. The Labute approximate surface area is 263 Å². The molecule has 2 aliphatic rings. The maximum absolute atomic E-state index is 13.1. The van der Waals surface area contributed by atoms with Gasteiger partial charge in [0.2, 0.25) is 6.41 Å². The Morgan fingerprint density at radius 2 is 1.91 bits per heavy atom. The van der Waals surface area contributed by atoms with E-state index >= 15 is 0 Å². The van der Waals surface area contributed by atoms with E-state index < -0.39 is 0 Å². The number of amidine groups is 1. The highest BCUT2D eigenvalue weighted by Crippen LogP contribution is 2.35. The molecule has 3 rings (SSSR count). The normalized spacial score (nSPS) is 15.2. The highest BCUT2D eigenvalue weighted by atomic mass is 16.5. The van der Waals surface area contributed by atoms with Crippen LogP contribution in [0.2, 0.25) is 0 Å². The number of methoxy groups -OCH3 is 2. The average molecular weight is 622 g/mol. The van der Waals surface area contributed by atoms with Crippen LogP contribution in [0.3, 0.4) is 0 Å². The number of hydrogen-bond donors (Lipinski definition) is 6. The maximum Gasteiger partial charge on any atom is 0.269 e. The fourth-order valence-corrected chi connectivity index (χ4v) is 4.05. The Balaban J connectivity index is 0.00000166. The summed E-state index contributed by atoms with van der Waals surface area (Å²) in [5.41, 5.74) is 15.8. The van der Waals surface area contributed by atoms with Crippen LogP contribution >= 0.6 is 0 Å². The van der Waals surface area contributed by atoms with E-state index in [-0.39, 0.29) is 41.7 Å². The summed E-state index contributed by atoms with van der Waals surface area (Å²) < 4.78 is 10.8. The number of nitrogens with zero attached hydrogens (tertiary/aromatic N) is 3. The Hall–Kier alpha value is -5.40. The van der Waals surface area contributed by atoms with Gasteiger partial charge in [-0.05, 0) is 37.5 Å². The summed E-state index contributed by atoms with van der Waals surface area (Å²) in [5.74, 6) is 0.275. The third-order valence-electron chi connectivity index (χ3n) is 6.54. The van der Waals surface area contributed by atoms with Crippen molar-refractivity contribution >= 4 is 47.2 Å². The minimum Gasteiger partial charge on any atom is -0.494 e. The fourth-order valence-electron chi connectivity index (χ4n) is 4.05. The first-order valence-electron chi connectivity index (χ1n) is 14.1. The third kappa shape index (κ3) is 10.7. The fraction of sp³-hybridized carbons (Fsp3) is 0.355. The van der Waals surface area contributed by atoms with Crippen LogP contribution < -0.4 is 32.2 Å². The quantitative estimate of drug-likeness (QED) is 0.0815. The highest BCUT2D eigenvalue weighted by Gasteiger charge is 2.29. The summed E-state index contributed by atoms with van der Waals surface area (Å²) >= 11 is 0. The largest absolute Gasteiger partial charge is 0.494 e. The van der Waals surface area contributed by atoms with E-state index in [1.54, 1.807) is 47.5 Å². The van der Waals surface area contributed by atoms with E-state index in [1.807, 2.05) is 24.3 Å². The molecule has 0 unspecified atom stereocenters. The summed E-state index contributed by atoms with van der Waals surface area (Å²) in [4.78, 5) is 43.6. The first kappa shape index (κ1) is 35.8. The summed E-state index contributed by atoms with van der Waals surface area (Å²) in [5, 5.41) is 16.8. The van der Waals surface area contributed by atoms with Gasteiger partial charge in [-0.25, -0.2) is 0 Å². The molecule has 1 aliphatic heterocycles. The minimum absolute atomic E-state index is 0.0344. The van der Waals surface area contributed by atoms with E-state index in [2.05, 4.69) is 25.9 Å². The van der Waals surface area contributed by atoms with Gasteiger partial charge in [0.05, 0.1) is 37.9 Å². The zero-order valence-corrected chi connectivity index (χ0v) is 26.6. The lowest BCUT2D eigenvalue weighted by Crippen LogP contribution is -2.37. The topological polar surface area (TPSA) is 210 Å². The van der Waals surface area contributed by atoms with Crippen molar-refractivity contribution in [2.45, 2.75) is 19.8 Å². The molecule has 0 spiro atoms. The first-order valence-corrected chi connectivity index (χ1v) is 14.1. The van der Waals surface area contributed by atoms with E-state index in [0.29, 0.717) is 41.4 Å². The van der Waals surface area contributed by atoms with Gasteiger partial charge in [0.25, 0.3) is 11.8 Å². The second kappa shape index (κ2) is 17.7. The molecule has 14 heteroatoms. The number of dihydropyridines is 1. The van der Waals surface area contributed by atoms with E-state index in [9.17, 15) is 9.59 Å². The second-order valence-electron chi connectivity index (χ2n) is 10.0. The first-order chi connectivity index (χ1) is 21.5. The van der Waals surface area contributed by atoms with Gasteiger partial charge < -0.3 is 47.2 Å². The second-order valence-corrected chi connectivity index (χ2v) is 10.0. The number of para-hydroxylation sites is 1. The molecule has 1 heterocycles. The van der Waals surface area contributed by atoms with Crippen molar-refractivity contribution in [2.24, 2.45) is 27.4 Å². The molecule has 242 valence electrons. The molecule has 45 heavy (non-hydrogen) atoms. The molecular weight excluding hydrogens is 578 g/mol. The van der Waals surface area contributed by atoms with Gasteiger partial charge in [-0.3, -0.25) is 19.4 Å². The number of nitrogens with one attached hydrogen (secondary N) is 4. The number of allylic oxidation sites excluding steroid dienone is 3. The Morgan fingerprint density at radius 3 is 2.42 bits per heavy atom. The van der Waals surface area contributed by atoms with Crippen LogP contribution in [0.4, 0.5) is 5.69 Å². The van der Waals surface area contributed by atoms with Crippen molar-refractivity contribution in [1.82, 2.24) is 15.5 Å².